The van der Waals surface area contributed by atoms with Crippen molar-refractivity contribution in [1.82, 2.24) is 9.97 Å². The molecule has 1 aromatic heterocycles. The number of rotatable bonds is 9. The Hall–Kier alpha value is -3.88. The maximum Gasteiger partial charge on any atom is 0.309 e. The lowest BCUT2D eigenvalue weighted by Crippen LogP contribution is -2.31. The fourth-order valence-electron chi connectivity index (χ4n) is 3.81. The Morgan fingerprint density at radius 2 is 1.97 bits per heavy atom. The summed E-state index contributed by atoms with van der Waals surface area (Å²) in [6, 6.07) is 4.25. The highest BCUT2D eigenvalue weighted by Crippen LogP contribution is 2.37. The third-order valence-electron chi connectivity index (χ3n) is 5.81. The fraction of sp³-hybridized carbons (Fsp3) is 0.320. The predicted octanol–water partition coefficient (Wildman–Crippen LogP) is 4.38. The molecule has 1 aromatic carbocycles. The summed E-state index contributed by atoms with van der Waals surface area (Å²) in [5.41, 5.74) is 7.06. The number of halogens is 1. The number of carbonyl (C=O) groups excluding carboxylic acids is 1. The highest BCUT2D eigenvalue weighted by molar-refractivity contribution is 6.20. The van der Waals surface area contributed by atoms with Crippen LogP contribution in [0.15, 0.2) is 47.4 Å². The van der Waals surface area contributed by atoms with Crippen molar-refractivity contribution in [3.63, 3.8) is 0 Å². The van der Waals surface area contributed by atoms with Crippen LogP contribution >= 0.6 is 0 Å². The molecule has 8 nitrogen and oxygen atoms in total. The molecule has 0 saturated carbocycles. The second kappa shape index (κ2) is 8.81. The largest absolute Gasteiger partial charge is 0.481 e. The molecule has 3 rings (SSSR count). The zero-order valence-electron chi connectivity index (χ0n) is 19.8. The van der Waals surface area contributed by atoms with Gasteiger partial charge in [-0.15, -0.1) is 0 Å². The van der Waals surface area contributed by atoms with E-state index in [1.165, 1.54) is 18.4 Å². The number of hydrogen-bond donors (Lipinski definition) is 2. The molecule has 1 aliphatic rings. The number of ether oxygens (including phenoxy) is 1. The van der Waals surface area contributed by atoms with Crippen LogP contribution in [0.4, 0.5) is 15.9 Å². The number of carbonyl (C=O) groups is 2. The molecule has 0 aliphatic carbocycles. The Kier molecular flexibility index (Phi) is 6.42. The molecule has 0 spiro atoms. The maximum atomic E-state index is 13.4. The Morgan fingerprint density at radius 1 is 1.29 bits per heavy atom. The highest BCUT2D eigenvalue weighted by Gasteiger charge is 2.37. The first-order chi connectivity index (χ1) is 15.8. The first-order valence-electron chi connectivity index (χ1n) is 10.5. The van der Waals surface area contributed by atoms with Crippen LogP contribution in [-0.4, -0.2) is 33.0 Å². The number of aldehydes is 1. The van der Waals surface area contributed by atoms with Crippen molar-refractivity contribution >= 4 is 29.5 Å². The smallest absolute Gasteiger partial charge is 0.309 e. The molecular weight excluding hydrogens is 439 g/mol. The number of aryl methyl sites for hydroxylation is 1. The highest BCUT2D eigenvalue weighted by atomic mass is 19.1. The second-order valence-electron chi connectivity index (χ2n) is 9.21. The van der Waals surface area contributed by atoms with Crippen molar-refractivity contribution in [3.05, 3.63) is 70.8 Å². The zero-order valence-corrected chi connectivity index (χ0v) is 19.8. The van der Waals surface area contributed by atoms with Crippen molar-refractivity contribution < 1.29 is 23.8 Å². The molecule has 0 fully saturated rings. The Labute approximate surface area is 197 Å². The molecule has 0 saturated heterocycles. The Bertz CT molecular complexity index is 1240. The van der Waals surface area contributed by atoms with Crippen molar-refractivity contribution in [2.75, 3.05) is 5.73 Å². The van der Waals surface area contributed by atoms with Crippen LogP contribution < -0.4 is 5.73 Å². The van der Waals surface area contributed by atoms with E-state index in [0.717, 1.165) is 0 Å². The van der Waals surface area contributed by atoms with Crippen molar-refractivity contribution in [2.24, 2.45) is 10.4 Å². The van der Waals surface area contributed by atoms with E-state index in [1.54, 1.807) is 40.7 Å². The number of carboxylic acids is 1. The van der Waals surface area contributed by atoms with Crippen molar-refractivity contribution in [1.29, 1.82) is 0 Å². The molecule has 0 bridgehead atoms. The number of fused-ring (bicyclic) bond motifs is 1. The minimum absolute atomic E-state index is 0.0628. The lowest BCUT2D eigenvalue weighted by Gasteiger charge is -2.28. The molecule has 2 heterocycles. The van der Waals surface area contributed by atoms with Gasteiger partial charge in [-0.2, -0.15) is 0 Å². The number of allylic oxidation sites excluding steroid dienone is 2. The number of carboxylic acid groups (broad SMARTS) is 1. The number of benzene rings is 1. The van der Waals surface area contributed by atoms with Gasteiger partial charge in [0.05, 0.1) is 17.4 Å². The lowest BCUT2D eigenvalue weighted by atomic mass is 9.81. The Morgan fingerprint density at radius 3 is 2.53 bits per heavy atom. The van der Waals surface area contributed by atoms with Crippen LogP contribution in [0, 0.1) is 18.2 Å². The van der Waals surface area contributed by atoms with E-state index in [1.807, 2.05) is 0 Å². The summed E-state index contributed by atoms with van der Waals surface area (Å²) < 4.78 is 19.0. The second-order valence-corrected chi connectivity index (χ2v) is 9.21. The average molecular weight is 467 g/mol. The monoisotopic (exact) mass is 466 g/mol. The number of aromatic nitrogens is 2. The predicted molar refractivity (Wildman–Crippen MR) is 126 cm³/mol. The van der Waals surface area contributed by atoms with Crippen LogP contribution in [0.1, 0.15) is 56.8 Å². The van der Waals surface area contributed by atoms with Crippen LogP contribution in [0.5, 0.6) is 0 Å². The molecule has 178 valence electrons. The van der Waals surface area contributed by atoms with E-state index in [-0.39, 0.29) is 29.6 Å². The fourth-order valence-corrected chi connectivity index (χ4v) is 3.81. The van der Waals surface area contributed by atoms with Crippen molar-refractivity contribution in [3.8, 4) is 0 Å². The molecule has 34 heavy (non-hydrogen) atoms. The first-order valence-corrected chi connectivity index (χ1v) is 10.5. The molecule has 0 radical (unpaired) electrons. The van der Waals surface area contributed by atoms with Crippen LogP contribution in [0.2, 0.25) is 0 Å². The quantitative estimate of drug-likeness (QED) is 0.354. The summed E-state index contributed by atoms with van der Waals surface area (Å²) in [5.74, 6) is -0.897. The van der Waals surface area contributed by atoms with Crippen LogP contribution in [-0.2, 0) is 19.7 Å². The number of aliphatic imine (C=N–C) groups is 1. The van der Waals surface area contributed by atoms with Gasteiger partial charge < -0.3 is 20.4 Å². The number of nitrogens with zero attached hydrogens (tertiary/aromatic N) is 3. The number of nitrogens with two attached hydrogens (primary N) is 1. The SMILES string of the molecule is C=C(O/C=C(\C)CC(C)(C)C(=O)O)C(C)(C=O)c1c(C)nc(C2=Nc3cc(F)ccc32)nc1N. The normalized spacial score (nSPS) is 14.9. The minimum Gasteiger partial charge on any atom is -0.481 e. The third kappa shape index (κ3) is 4.46. The summed E-state index contributed by atoms with van der Waals surface area (Å²) in [6.45, 7) is 12.1. The molecule has 2 aromatic rings. The minimum atomic E-state index is -1.37. The summed E-state index contributed by atoms with van der Waals surface area (Å²) in [5, 5.41) is 9.31. The number of anilines is 1. The maximum absolute atomic E-state index is 13.4. The molecule has 1 unspecified atom stereocenters. The number of nitrogen functional groups attached to an aromatic ring is 1. The average Bonchev–Trinajstić information content (AvgIpc) is 2.72. The number of aliphatic carboxylic acids is 1. The number of hydrogen-bond acceptors (Lipinski definition) is 7. The van der Waals surface area contributed by atoms with E-state index in [9.17, 15) is 19.1 Å². The molecule has 0 amide bonds. The summed E-state index contributed by atoms with van der Waals surface area (Å²) in [7, 11) is 0. The Balaban J connectivity index is 1.88. The van der Waals surface area contributed by atoms with E-state index < -0.39 is 16.8 Å². The summed E-state index contributed by atoms with van der Waals surface area (Å²) in [4.78, 5) is 36.7. The standard InChI is InChI=1S/C25H27FN4O4/c1-13(10-24(4,5)23(32)33)11-34-15(3)25(6,12-31)19-14(2)28-22(30-21(19)27)20-17-8-7-16(26)9-18(17)29-20/h7-9,11-12H,3,10H2,1-2,4-6H3,(H,32,33)(H2,27,28,30)/b13-11+. The molecule has 1 atom stereocenters. The van der Waals surface area contributed by atoms with Gasteiger partial charge in [-0.05, 0) is 58.7 Å². The van der Waals surface area contributed by atoms with Gasteiger partial charge in [-0.1, -0.05) is 6.58 Å². The van der Waals surface area contributed by atoms with E-state index in [0.29, 0.717) is 40.1 Å². The zero-order chi connectivity index (χ0) is 25.4. The van der Waals surface area contributed by atoms with Gasteiger partial charge in [0, 0.05) is 22.9 Å². The summed E-state index contributed by atoms with van der Waals surface area (Å²) >= 11 is 0. The van der Waals surface area contributed by atoms with E-state index in [2.05, 4.69) is 21.5 Å². The lowest BCUT2D eigenvalue weighted by molar-refractivity contribution is -0.146. The molecule has 1 aliphatic heterocycles. The van der Waals surface area contributed by atoms with Gasteiger partial charge >= 0.3 is 5.97 Å². The van der Waals surface area contributed by atoms with Crippen molar-refractivity contribution in [2.45, 2.75) is 46.5 Å². The van der Waals surface area contributed by atoms with Crippen LogP contribution in [0.3, 0.4) is 0 Å². The molecule has 3 N–H and O–H groups in total. The topological polar surface area (TPSA) is 128 Å². The van der Waals surface area contributed by atoms with Gasteiger partial charge in [0.1, 0.15) is 34.8 Å². The van der Waals surface area contributed by atoms with Gasteiger partial charge in [-0.3, -0.25) is 4.79 Å². The van der Waals surface area contributed by atoms with E-state index >= 15 is 0 Å². The summed E-state index contributed by atoms with van der Waals surface area (Å²) in [6.07, 6.45) is 2.29. The van der Waals surface area contributed by atoms with Gasteiger partial charge in [0.25, 0.3) is 0 Å². The van der Waals surface area contributed by atoms with Gasteiger partial charge in [0.15, 0.2) is 5.82 Å². The van der Waals surface area contributed by atoms with E-state index in [4.69, 9.17) is 10.5 Å². The first kappa shape index (κ1) is 24.8. The van der Waals surface area contributed by atoms with Crippen LogP contribution in [0.25, 0.3) is 0 Å². The van der Waals surface area contributed by atoms with Gasteiger partial charge in [-0.25, -0.2) is 19.4 Å². The third-order valence-corrected chi connectivity index (χ3v) is 5.81. The molecular formula is C25H27FN4O4. The molecule has 9 heteroatoms. The van der Waals surface area contributed by atoms with Gasteiger partial charge in [0.2, 0.25) is 0 Å².